The summed E-state index contributed by atoms with van der Waals surface area (Å²) in [6.45, 7) is 0. The van der Waals surface area contributed by atoms with E-state index in [2.05, 4.69) is 10.2 Å². The summed E-state index contributed by atoms with van der Waals surface area (Å²) < 4.78 is 16.3. The van der Waals surface area contributed by atoms with Gasteiger partial charge in [0.05, 0.1) is 5.56 Å². The molecule has 1 fully saturated rings. The summed E-state index contributed by atoms with van der Waals surface area (Å²) in [5.74, 6) is 0.179. The number of likely N-dealkylation sites (N-methyl/N-ethyl adjacent to an activating group) is 1. The molecule has 0 aliphatic heterocycles. The molecule has 1 heterocycles. The lowest BCUT2D eigenvalue weighted by atomic mass is 10.1. The zero-order valence-electron chi connectivity index (χ0n) is 15.7. The third-order valence-electron chi connectivity index (χ3n) is 4.68. The van der Waals surface area contributed by atoms with E-state index < -0.39 is 5.25 Å². The molecular weight excluding hydrogens is 375 g/mol. The van der Waals surface area contributed by atoms with E-state index >= 15 is 0 Å². The van der Waals surface area contributed by atoms with Gasteiger partial charge in [0.1, 0.15) is 11.1 Å². The van der Waals surface area contributed by atoms with Crippen LogP contribution in [0.5, 0.6) is 0 Å². The Balaban J connectivity index is 1.74. The maximum absolute atomic E-state index is 14.4. The van der Waals surface area contributed by atoms with Gasteiger partial charge >= 0.3 is 0 Å². The van der Waals surface area contributed by atoms with E-state index in [4.69, 9.17) is 0 Å². The fourth-order valence-electron chi connectivity index (χ4n) is 3.07. The van der Waals surface area contributed by atoms with Crippen LogP contribution in [0.15, 0.2) is 59.8 Å². The summed E-state index contributed by atoms with van der Waals surface area (Å²) in [6.07, 6.45) is 2.01. The number of hydrogen-bond donors (Lipinski definition) is 0. The number of nitrogens with zero attached hydrogens (tertiary/aromatic N) is 4. The Labute approximate surface area is 167 Å². The first-order valence-corrected chi connectivity index (χ1v) is 10.1. The minimum atomic E-state index is -0.439. The highest BCUT2D eigenvalue weighted by atomic mass is 32.2. The summed E-state index contributed by atoms with van der Waals surface area (Å²) in [7, 11) is 3.49. The molecule has 1 aliphatic rings. The van der Waals surface area contributed by atoms with Crippen molar-refractivity contribution in [2.24, 2.45) is 0 Å². The van der Waals surface area contributed by atoms with Crippen LogP contribution in [0.3, 0.4) is 0 Å². The topological polar surface area (TPSA) is 51.0 Å². The van der Waals surface area contributed by atoms with Gasteiger partial charge in [-0.3, -0.25) is 9.36 Å². The molecule has 0 spiro atoms. The van der Waals surface area contributed by atoms with Crippen molar-refractivity contribution < 1.29 is 9.18 Å². The van der Waals surface area contributed by atoms with Gasteiger partial charge in [-0.15, -0.1) is 10.2 Å². The van der Waals surface area contributed by atoms with E-state index in [1.54, 1.807) is 37.2 Å². The number of hydrogen-bond acceptors (Lipinski definition) is 4. The summed E-state index contributed by atoms with van der Waals surface area (Å²) >= 11 is 1.37. The number of aromatic nitrogens is 3. The predicted molar refractivity (Wildman–Crippen MR) is 107 cm³/mol. The van der Waals surface area contributed by atoms with Gasteiger partial charge in [0.15, 0.2) is 11.0 Å². The van der Waals surface area contributed by atoms with Gasteiger partial charge in [-0.25, -0.2) is 4.39 Å². The average molecular weight is 396 g/mol. The monoisotopic (exact) mass is 396 g/mol. The molecule has 3 aromatic rings. The van der Waals surface area contributed by atoms with Crippen molar-refractivity contribution in [2.45, 2.75) is 29.3 Å². The third-order valence-corrected chi connectivity index (χ3v) is 5.88. The molecule has 7 heteroatoms. The first kappa shape index (κ1) is 18.7. The lowest BCUT2D eigenvalue weighted by Crippen LogP contribution is -2.27. The van der Waals surface area contributed by atoms with Gasteiger partial charge < -0.3 is 4.90 Å². The van der Waals surface area contributed by atoms with Crippen LogP contribution >= 0.6 is 11.8 Å². The Kier molecular flexibility index (Phi) is 5.17. The van der Waals surface area contributed by atoms with Crippen LogP contribution in [0.1, 0.15) is 29.7 Å². The van der Waals surface area contributed by atoms with Crippen molar-refractivity contribution >= 4 is 17.7 Å². The van der Waals surface area contributed by atoms with Crippen LogP contribution in [0.2, 0.25) is 0 Å². The van der Waals surface area contributed by atoms with Crippen LogP contribution in [-0.4, -0.2) is 39.7 Å². The molecule has 5 nitrogen and oxygen atoms in total. The molecular formula is C21H21FN4OS. The lowest BCUT2D eigenvalue weighted by Gasteiger charge is -2.20. The molecule has 1 atom stereocenters. The molecule has 0 radical (unpaired) electrons. The highest BCUT2D eigenvalue weighted by molar-refractivity contribution is 8.00. The van der Waals surface area contributed by atoms with Crippen LogP contribution in [0.4, 0.5) is 4.39 Å². The predicted octanol–water partition coefficient (Wildman–Crippen LogP) is 4.34. The maximum atomic E-state index is 14.4. The number of carbonyl (C=O) groups excluding carboxylic acids is 1. The molecule has 4 rings (SSSR count). The lowest BCUT2D eigenvalue weighted by molar-refractivity contribution is -0.128. The number of thioether (sulfide) groups is 1. The zero-order chi connectivity index (χ0) is 19.7. The van der Waals surface area contributed by atoms with Crippen LogP contribution in [0, 0.1) is 5.82 Å². The van der Waals surface area contributed by atoms with Crippen LogP contribution in [0.25, 0.3) is 11.4 Å². The first-order chi connectivity index (χ1) is 13.6. The van der Waals surface area contributed by atoms with E-state index in [0.29, 0.717) is 16.5 Å². The van der Waals surface area contributed by atoms with E-state index in [1.165, 1.54) is 17.8 Å². The number of benzene rings is 2. The number of halogens is 1. The smallest absolute Gasteiger partial charge is 0.240 e. The van der Waals surface area contributed by atoms with Crippen molar-refractivity contribution in [3.05, 3.63) is 66.0 Å². The third kappa shape index (κ3) is 3.67. The van der Waals surface area contributed by atoms with Crippen molar-refractivity contribution in [3.63, 3.8) is 0 Å². The maximum Gasteiger partial charge on any atom is 0.240 e. The number of rotatable bonds is 6. The Hall–Kier alpha value is -2.67. The second kappa shape index (κ2) is 7.75. The van der Waals surface area contributed by atoms with Crippen molar-refractivity contribution in [1.29, 1.82) is 0 Å². The molecule has 1 saturated carbocycles. The van der Waals surface area contributed by atoms with Gasteiger partial charge in [-0.1, -0.05) is 54.2 Å². The normalized spacial score (nSPS) is 14.7. The minimum absolute atomic E-state index is 0.0195. The van der Waals surface area contributed by atoms with Crippen molar-refractivity contribution in [3.8, 4) is 11.4 Å². The Morgan fingerprint density at radius 2 is 1.79 bits per heavy atom. The molecule has 0 saturated heterocycles. The molecule has 1 amide bonds. The average Bonchev–Trinajstić information content (AvgIpc) is 3.46. The molecule has 28 heavy (non-hydrogen) atoms. The summed E-state index contributed by atoms with van der Waals surface area (Å²) in [4.78, 5) is 14.4. The molecule has 2 aromatic carbocycles. The van der Waals surface area contributed by atoms with Crippen LogP contribution < -0.4 is 0 Å². The molecule has 144 valence electrons. The summed E-state index contributed by atoms with van der Waals surface area (Å²) in [5, 5.41) is 8.83. The Bertz CT molecular complexity index is 985. The molecule has 1 aliphatic carbocycles. The van der Waals surface area contributed by atoms with Gasteiger partial charge in [0.2, 0.25) is 5.91 Å². The standard InChI is InChI=1S/C21H21FN4OS/c1-25(2)20(27)18(14-8-4-3-5-9-14)28-21-24-23-19(26(21)15-12-13-15)16-10-6-7-11-17(16)22/h3-11,15,18H,12-13H2,1-2H3/t18-/m0/s1. The summed E-state index contributed by atoms with van der Waals surface area (Å²) in [6, 6.07) is 16.5. The van der Waals surface area contributed by atoms with E-state index in [-0.39, 0.29) is 17.8 Å². The fraction of sp³-hybridized carbons (Fsp3) is 0.286. The largest absolute Gasteiger partial charge is 0.348 e. The second-order valence-corrected chi connectivity index (χ2v) is 8.10. The fourth-order valence-corrected chi connectivity index (χ4v) is 4.33. The molecule has 0 unspecified atom stereocenters. The van der Waals surface area contributed by atoms with Crippen LogP contribution in [-0.2, 0) is 4.79 Å². The van der Waals surface area contributed by atoms with E-state index in [1.807, 2.05) is 34.9 Å². The van der Waals surface area contributed by atoms with E-state index in [0.717, 1.165) is 18.4 Å². The number of carbonyl (C=O) groups is 1. The number of amides is 1. The first-order valence-electron chi connectivity index (χ1n) is 9.19. The molecule has 1 aromatic heterocycles. The van der Waals surface area contributed by atoms with Crippen molar-refractivity contribution in [2.75, 3.05) is 14.1 Å². The summed E-state index contributed by atoms with van der Waals surface area (Å²) in [5.41, 5.74) is 1.34. The Morgan fingerprint density at radius 1 is 1.11 bits per heavy atom. The van der Waals surface area contributed by atoms with Gasteiger partial charge in [-0.2, -0.15) is 0 Å². The quantitative estimate of drug-likeness (QED) is 0.582. The SMILES string of the molecule is CN(C)C(=O)[C@@H](Sc1nnc(-c2ccccc2F)n1C1CC1)c1ccccc1. The van der Waals surface area contributed by atoms with Gasteiger partial charge in [0.25, 0.3) is 0 Å². The highest BCUT2D eigenvalue weighted by Gasteiger charge is 2.33. The van der Waals surface area contributed by atoms with Gasteiger partial charge in [-0.05, 0) is 30.5 Å². The Morgan fingerprint density at radius 3 is 2.43 bits per heavy atom. The second-order valence-electron chi connectivity index (χ2n) is 7.03. The molecule has 0 N–H and O–H groups in total. The zero-order valence-corrected chi connectivity index (χ0v) is 16.6. The highest BCUT2D eigenvalue weighted by Crippen LogP contribution is 2.44. The minimum Gasteiger partial charge on any atom is -0.348 e. The molecule has 0 bridgehead atoms. The van der Waals surface area contributed by atoms with E-state index in [9.17, 15) is 9.18 Å². The van der Waals surface area contributed by atoms with Crippen molar-refractivity contribution in [1.82, 2.24) is 19.7 Å². The van der Waals surface area contributed by atoms with Gasteiger partial charge in [0, 0.05) is 20.1 Å².